The molecular weight excluding hydrogens is 456 g/mol. The number of carbonyl (C=O) groups is 1. The second-order valence-electron chi connectivity index (χ2n) is 7.62. The van der Waals surface area contributed by atoms with Crippen molar-refractivity contribution in [2.75, 3.05) is 13.7 Å². The Labute approximate surface area is 200 Å². The molecule has 2 aromatic heterocycles. The summed E-state index contributed by atoms with van der Waals surface area (Å²) < 4.78 is 13.2. The fourth-order valence-corrected chi connectivity index (χ4v) is 5.89. The van der Waals surface area contributed by atoms with Crippen LogP contribution in [0, 0.1) is 6.92 Å². The summed E-state index contributed by atoms with van der Waals surface area (Å²) in [5.74, 6) is 0.148. The molecular formula is C25H26N2O4S2. The maximum atomic E-state index is 13.7. The number of aryl methyl sites for hydroxylation is 1. The Kier molecular flexibility index (Phi) is 6.95. The Bertz CT molecular complexity index is 1390. The number of aromatic nitrogens is 1. The Morgan fingerprint density at radius 1 is 1.24 bits per heavy atom. The number of rotatable bonds is 7. The van der Waals surface area contributed by atoms with Gasteiger partial charge in [0.2, 0.25) is 0 Å². The van der Waals surface area contributed by atoms with Crippen LogP contribution in [0.3, 0.4) is 0 Å². The first-order valence-electron chi connectivity index (χ1n) is 10.9. The van der Waals surface area contributed by atoms with Crippen LogP contribution in [0.1, 0.15) is 48.7 Å². The molecule has 172 valence electrons. The van der Waals surface area contributed by atoms with E-state index in [2.05, 4.69) is 0 Å². The lowest BCUT2D eigenvalue weighted by Gasteiger charge is -2.26. The van der Waals surface area contributed by atoms with Crippen LogP contribution in [-0.2, 0) is 9.53 Å². The predicted octanol–water partition coefficient (Wildman–Crippen LogP) is 3.96. The van der Waals surface area contributed by atoms with Crippen molar-refractivity contribution in [3.63, 3.8) is 0 Å². The molecule has 8 heteroatoms. The molecule has 0 unspecified atom stereocenters. The molecule has 0 fully saturated rings. The number of hydrogen-bond donors (Lipinski definition) is 0. The zero-order chi connectivity index (χ0) is 23.5. The van der Waals surface area contributed by atoms with Crippen molar-refractivity contribution in [1.29, 1.82) is 0 Å². The van der Waals surface area contributed by atoms with Gasteiger partial charge in [-0.05, 0) is 49.4 Å². The summed E-state index contributed by atoms with van der Waals surface area (Å²) in [4.78, 5) is 33.3. The Morgan fingerprint density at radius 3 is 2.70 bits per heavy atom. The molecule has 3 heterocycles. The third-order valence-corrected chi connectivity index (χ3v) is 7.44. The van der Waals surface area contributed by atoms with Crippen molar-refractivity contribution in [3.8, 4) is 5.75 Å². The fraction of sp³-hybridized carbons (Fsp3) is 0.320. The summed E-state index contributed by atoms with van der Waals surface area (Å²) in [5, 5.41) is 2.01. The molecule has 1 aliphatic rings. The van der Waals surface area contributed by atoms with E-state index in [0.29, 0.717) is 32.8 Å². The van der Waals surface area contributed by atoms with E-state index >= 15 is 0 Å². The highest BCUT2D eigenvalue weighted by molar-refractivity contribution is 7.11. The van der Waals surface area contributed by atoms with Gasteiger partial charge in [-0.15, -0.1) is 11.3 Å². The lowest BCUT2D eigenvalue weighted by molar-refractivity contribution is -0.139. The number of thiophene rings is 1. The number of allylic oxidation sites excluding steroid dienone is 1. The van der Waals surface area contributed by atoms with Crippen molar-refractivity contribution in [2.45, 2.75) is 39.7 Å². The van der Waals surface area contributed by atoms with Gasteiger partial charge >= 0.3 is 5.97 Å². The first kappa shape index (κ1) is 23.2. The van der Waals surface area contributed by atoms with Gasteiger partial charge in [0.15, 0.2) is 4.80 Å². The van der Waals surface area contributed by atoms with E-state index in [1.807, 2.05) is 55.6 Å². The smallest absolute Gasteiger partial charge is 0.338 e. The van der Waals surface area contributed by atoms with Gasteiger partial charge in [-0.2, -0.15) is 0 Å². The average Bonchev–Trinajstić information content (AvgIpc) is 3.35. The Hall–Kier alpha value is -2.97. The molecule has 0 bridgehead atoms. The minimum Gasteiger partial charge on any atom is -0.496 e. The van der Waals surface area contributed by atoms with Crippen LogP contribution >= 0.6 is 22.7 Å². The summed E-state index contributed by atoms with van der Waals surface area (Å²) >= 11 is 2.94. The predicted molar refractivity (Wildman–Crippen MR) is 132 cm³/mol. The highest BCUT2D eigenvalue weighted by Crippen LogP contribution is 2.36. The summed E-state index contributed by atoms with van der Waals surface area (Å²) in [5.41, 5.74) is 2.72. The summed E-state index contributed by atoms with van der Waals surface area (Å²) in [7, 11) is 1.59. The molecule has 1 aliphatic heterocycles. The number of thiazole rings is 1. The van der Waals surface area contributed by atoms with Crippen LogP contribution in [0.2, 0.25) is 0 Å². The standard InChI is InChI=1S/C25H26N2O4S2/c1-5-9-17-21(24(29)31-6-2)22(16-10-7-8-11-18(16)30-4)27-23(28)20(33-25(27)26-17)14-19-15(3)12-13-32-19/h7-8,10-14,22H,5-6,9H2,1-4H3/t22-/m0/s1. The van der Waals surface area contributed by atoms with Gasteiger partial charge in [0.05, 0.1) is 29.5 Å². The number of hydrogen-bond acceptors (Lipinski definition) is 7. The van der Waals surface area contributed by atoms with Gasteiger partial charge in [0.25, 0.3) is 5.56 Å². The molecule has 4 rings (SSSR count). The number of carbonyl (C=O) groups excluding carboxylic acids is 1. The van der Waals surface area contributed by atoms with E-state index < -0.39 is 12.0 Å². The van der Waals surface area contributed by atoms with Gasteiger partial charge in [-0.25, -0.2) is 9.79 Å². The third-order valence-electron chi connectivity index (χ3n) is 5.49. The molecule has 0 N–H and O–H groups in total. The van der Waals surface area contributed by atoms with E-state index in [1.165, 1.54) is 11.3 Å². The zero-order valence-corrected chi connectivity index (χ0v) is 20.7. The highest BCUT2D eigenvalue weighted by atomic mass is 32.1. The molecule has 0 saturated carbocycles. The highest BCUT2D eigenvalue weighted by Gasteiger charge is 2.35. The third kappa shape index (κ3) is 4.32. The molecule has 0 saturated heterocycles. The van der Waals surface area contributed by atoms with Crippen LogP contribution in [0.5, 0.6) is 5.75 Å². The largest absolute Gasteiger partial charge is 0.496 e. The molecule has 0 radical (unpaired) electrons. The lowest BCUT2D eigenvalue weighted by atomic mass is 9.93. The monoisotopic (exact) mass is 482 g/mol. The second-order valence-corrected chi connectivity index (χ2v) is 9.58. The first-order valence-corrected chi connectivity index (χ1v) is 12.6. The molecule has 33 heavy (non-hydrogen) atoms. The van der Waals surface area contributed by atoms with Crippen molar-refractivity contribution >= 4 is 34.7 Å². The molecule has 6 nitrogen and oxygen atoms in total. The number of ether oxygens (including phenoxy) is 2. The van der Waals surface area contributed by atoms with Crippen molar-refractivity contribution in [2.24, 2.45) is 4.99 Å². The summed E-state index contributed by atoms with van der Waals surface area (Å²) in [6, 6.07) is 8.83. The van der Waals surface area contributed by atoms with E-state index in [1.54, 1.807) is 29.9 Å². The molecule has 1 aromatic carbocycles. The van der Waals surface area contributed by atoms with Crippen LogP contribution in [0.15, 0.2) is 56.8 Å². The van der Waals surface area contributed by atoms with Crippen LogP contribution in [0.25, 0.3) is 6.08 Å². The number of nitrogens with zero attached hydrogens (tertiary/aromatic N) is 2. The average molecular weight is 483 g/mol. The molecule has 0 spiro atoms. The first-order chi connectivity index (χ1) is 16.0. The van der Waals surface area contributed by atoms with Crippen molar-refractivity contribution < 1.29 is 14.3 Å². The SMILES string of the molecule is CCCC1=C(C(=O)OCC)[C@H](c2ccccc2OC)n2c(sc(=Cc3sccc3C)c2=O)=N1. The number of esters is 1. The minimum atomic E-state index is -0.676. The zero-order valence-electron chi connectivity index (χ0n) is 19.1. The maximum absolute atomic E-state index is 13.7. The van der Waals surface area contributed by atoms with E-state index in [4.69, 9.17) is 14.5 Å². The van der Waals surface area contributed by atoms with Crippen LogP contribution in [-0.4, -0.2) is 24.3 Å². The quantitative estimate of drug-likeness (QED) is 0.478. The second kappa shape index (κ2) is 9.89. The van der Waals surface area contributed by atoms with Crippen molar-refractivity contribution in [1.82, 2.24) is 4.57 Å². The molecule has 0 aliphatic carbocycles. The number of benzene rings is 1. The maximum Gasteiger partial charge on any atom is 0.338 e. The van der Waals surface area contributed by atoms with Gasteiger partial charge in [-0.3, -0.25) is 9.36 Å². The van der Waals surface area contributed by atoms with Crippen molar-refractivity contribution in [3.05, 3.63) is 82.7 Å². The number of fused-ring (bicyclic) bond motifs is 1. The number of methoxy groups -OCH3 is 1. The van der Waals surface area contributed by atoms with E-state index in [0.717, 1.165) is 22.4 Å². The van der Waals surface area contributed by atoms with Crippen LogP contribution in [0.4, 0.5) is 0 Å². The van der Waals surface area contributed by atoms with Gasteiger partial charge in [-0.1, -0.05) is 42.9 Å². The topological polar surface area (TPSA) is 69.9 Å². The minimum absolute atomic E-state index is 0.181. The molecule has 3 aromatic rings. The Morgan fingerprint density at radius 2 is 2.03 bits per heavy atom. The number of para-hydroxylation sites is 1. The molecule has 1 atom stereocenters. The van der Waals surface area contributed by atoms with E-state index in [-0.39, 0.29) is 12.2 Å². The normalized spacial score (nSPS) is 15.9. The fourth-order valence-electron chi connectivity index (χ4n) is 3.96. The Balaban J connectivity index is 2.05. The van der Waals surface area contributed by atoms with Gasteiger partial charge in [0, 0.05) is 10.4 Å². The van der Waals surface area contributed by atoms with Gasteiger partial charge < -0.3 is 9.47 Å². The van der Waals surface area contributed by atoms with Crippen LogP contribution < -0.4 is 19.6 Å². The van der Waals surface area contributed by atoms with Gasteiger partial charge in [0.1, 0.15) is 11.8 Å². The molecule has 0 amide bonds. The summed E-state index contributed by atoms with van der Waals surface area (Å²) in [6.07, 6.45) is 3.33. The lowest BCUT2D eigenvalue weighted by Crippen LogP contribution is -2.40. The summed E-state index contributed by atoms with van der Waals surface area (Å²) in [6.45, 7) is 6.07. The van der Waals surface area contributed by atoms with E-state index in [9.17, 15) is 9.59 Å².